The van der Waals surface area contributed by atoms with Crippen molar-refractivity contribution >= 4 is 17.4 Å². The number of nitrogens with two attached hydrogens (primary N) is 1. The molecule has 0 spiro atoms. The second kappa shape index (κ2) is 4.15. The molecule has 0 fully saturated rings. The molecule has 2 heterocycles. The number of aryl methyl sites for hydroxylation is 1. The predicted octanol–water partition coefficient (Wildman–Crippen LogP) is 0.943. The van der Waals surface area contributed by atoms with E-state index >= 15 is 0 Å². The number of halogens is 1. The Kier molecular flexibility index (Phi) is 2.84. The van der Waals surface area contributed by atoms with Gasteiger partial charge in [-0.25, -0.2) is 0 Å². The Balaban J connectivity index is 2.44. The zero-order chi connectivity index (χ0) is 11.7. The van der Waals surface area contributed by atoms with Gasteiger partial charge in [0, 0.05) is 12.1 Å². The van der Waals surface area contributed by atoms with Gasteiger partial charge in [0.1, 0.15) is 11.9 Å². The van der Waals surface area contributed by atoms with Crippen molar-refractivity contribution in [3.63, 3.8) is 0 Å². The molecular weight excluding hydrogens is 230 g/mol. The molecule has 0 saturated heterocycles. The molecule has 6 nitrogen and oxygen atoms in total. The van der Waals surface area contributed by atoms with Gasteiger partial charge >= 0.3 is 0 Å². The molecule has 1 unspecified atom stereocenters. The number of nitrogens with zero attached hydrogens (tertiary/aromatic N) is 3. The Labute approximate surface area is 97.0 Å². The molecular formula is C9H12ClN5O. The van der Waals surface area contributed by atoms with E-state index in [1.54, 1.807) is 4.68 Å². The van der Waals surface area contributed by atoms with E-state index in [9.17, 15) is 5.11 Å². The molecule has 7 heteroatoms. The average Bonchev–Trinajstić information content (AvgIpc) is 2.83. The first-order valence-corrected chi connectivity index (χ1v) is 5.21. The summed E-state index contributed by atoms with van der Waals surface area (Å²) in [6, 6.07) is 0. The van der Waals surface area contributed by atoms with Crippen LogP contribution in [0.2, 0.25) is 5.02 Å². The third kappa shape index (κ3) is 1.66. The minimum absolute atomic E-state index is 0.326. The Morgan fingerprint density at radius 3 is 2.94 bits per heavy atom. The van der Waals surface area contributed by atoms with E-state index < -0.39 is 6.10 Å². The summed E-state index contributed by atoms with van der Waals surface area (Å²) >= 11 is 5.97. The lowest BCUT2D eigenvalue weighted by atomic mass is 10.1. The van der Waals surface area contributed by atoms with Gasteiger partial charge in [-0.1, -0.05) is 11.6 Å². The zero-order valence-electron chi connectivity index (χ0n) is 8.68. The largest absolute Gasteiger partial charge is 0.384 e. The van der Waals surface area contributed by atoms with Gasteiger partial charge in [-0.3, -0.25) is 9.78 Å². The molecule has 16 heavy (non-hydrogen) atoms. The average molecular weight is 242 g/mol. The van der Waals surface area contributed by atoms with Crippen molar-refractivity contribution < 1.29 is 5.11 Å². The molecule has 4 N–H and O–H groups in total. The number of aliphatic hydroxyl groups is 1. The smallest absolute Gasteiger partial charge is 0.127 e. The molecule has 2 aromatic rings. The molecule has 0 radical (unpaired) electrons. The molecule has 0 bridgehead atoms. The molecule has 2 rings (SSSR count). The SMILES string of the molecule is CCn1ncc(Cl)c1C(O)c1cn[nH]c1N. The summed E-state index contributed by atoms with van der Waals surface area (Å²) in [5.41, 5.74) is 6.66. The van der Waals surface area contributed by atoms with Crippen LogP contribution in [0.25, 0.3) is 0 Å². The summed E-state index contributed by atoms with van der Waals surface area (Å²) in [6.45, 7) is 2.54. The molecule has 86 valence electrons. The van der Waals surface area contributed by atoms with Crippen LogP contribution < -0.4 is 5.73 Å². The fraction of sp³-hybridized carbons (Fsp3) is 0.333. The van der Waals surface area contributed by atoms with Gasteiger partial charge in [0.25, 0.3) is 0 Å². The van der Waals surface area contributed by atoms with Crippen molar-refractivity contribution in [1.29, 1.82) is 0 Å². The lowest BCUT2D eigenvalue weighted by Gasteiger charge is -2.12. The number of aromatic amines is 1. The van der Waals surface area contributed by atoms with Crippen LogP contribution in [-0.2, 0) is 6.54 Å². The maximum Gasteiger partial charge on any atom is 0.127 e. The Morgan fingerprint density at radius 2 is 2.38 bits per heavy atom. The molecule has 0 aliphatic carbocycles. The summed E-state index contributed by atoms with van der Waals surface area (Å²) < 4.78 is 1.62. The Bertz CT molecular complexity index is 492. The number of nitrogen functional groups attached to an aromatic ring is 1. The van der Waals surface area contributed by atoms with Gasteiger partial charge in [-0.05, 0) is 6.92 Å². The monoisotopic (exact) mass is 241 g/mol. The zero-order valence-corrected chi connectivity index (χ0v) is 9.44. The van der Waals surface area contributed by atoms with Crippen LogP contribution in [0.4, 0.5) is 5.82 Å². The molecule has 0 aliphatic heterocycles. The molecule has 0 aliphatic rings. The maximum absolute atomic E-state index is 10.2. The number of hydrogen-bond acceptors (Lipinski definition) is 4. The standard InChI is InChI=1S/C9H12ClN5O/c1-2-15-7(6(10)4-13-15)8(16)5-3-12-14-9(5)11/h3-4,8,16H,2H2,1H3,(H3,11,12,14). The first-order valence-electron chi connectivity index (χ1n) is 4.83. The van der Waals surface area contributed by atoms with E-state index in [-0.39, 0.29) is 0 Å². The van der Waals surface area contributed by atoms with Crippen molar-refractivity contribution in [1.82, 2.24) is 20.0 Å². The van der Waals surface area contributed by atoms with Gasteiger partial charge in [0.05, 0.1) is 23.1 Å². The lowest BCUT2D eigenvalue weighted by molar-refractivity contribution is 0.209. The van der Waals surface area contributed by atoms with Gasteiger partial charge < -0.3 is 10.8 Å². The van der Waals surface area contributed by atoms with E-state index in [2.05, 4.69) is 15.3 Å². The first kappa shape index (κ1) is 11.0. The summed E-state index contributed by atoms with van der Waals surface area (Å²) in [6.07, 6.45) is 2.05. The second-order valence-electron chi connectivity index (χ2n) is 3.34. The summed E-state index contributed by atoms with van der Waals surface area (Å²) in [5.74, 6) is 0.326. The first-order chi connectivity index (χ1) is 7.65. The van der Waals surface area contributed by atoms with Crippen molar-refractivity contribution in [3.8, 4) is 0 Å². The van der Waals surface area contributed by atoms with Crippen molar-refractivity contribution in [2.75, 3.05) is 5.73 Å². The number of anilines is 1. The third-order valence-corrected chi connectivity index (χ3v) is 2.68. The topological polar surface area (TPSA) is 92.7 Å². The number of rotatable bonds is 3. The normalized spacial score (nSPS) is 12.9. The van der Waals surface area contributed by atoms with Gasteiger partial charge in [-0.2, -0.15) is 10.2 Å². The van der Waals surface area contributed by atoms with E-state index in [0.29, 0.717) is 28.6 Å². The highest BCUT2D eigenvalue weighted by atomic mass is 35.5. The summed E-state index contributed by atoms with van der Waals surface area (Å²) in [4.78, 5) is 0. The molecule has 0 amide bonds. The summed E-state index contributed by atoms with van der Waals surface area (Å²) in [7, 11) is 0. The van der Waals surface area contributed by atoms with Gasteiger partial charge in [-0.15, -0.1) is 0 Å². The van der Waals surface area contributed by atoms with Crippen LogP contribution in [0.5, 0.6) is 0 Å². The van der Waals surface area contributed by atoms with Crippen molar-refractivity contribution in [2.24, 2.45) is 0 Å². The summed E-state index contributed by atoms with van der Waals surface area (Å²) in [5, 5.41) is 20.9. The Hall–Kier alpha value is -1.53. The van der Waals surface area contributed by atoms with Crippen LogP contribution in [-0.4, -0.2) is 25.1 Å². The lowest BCUT2D eigenvalue weighted by Crippen LogP contribution is -2.10. The fourth-order valence-corrected chi connectivity index (χ4v) is 1.81. The highest BCUT2D eigenvalue weighted by molar-refractivity contribution is 6.31. The van der Waals surface area contributed by atoms with E-state index in [0.717, 1.165) is 0 Å². The van der Waals surface area contributed by atoms with E-state index in [1.165, 1.54) is 12.4 Å². The molecule has 2 aromatic heterocycles. The van der Waals surface area contributed by atoms with Gasteiger partial charge in [0.2, 0.25) is 0 Å². The molecule has 1 atom stereocenters. The predicted molar refractivity (Wildman–Crippen MR) is 60.0 cm³/mol. The minimum atomic E-state index is -0.923. The van der Waals surface area contributed by atoms with Crippen molar-refractivity contribution in [3.05, 3.63) is 28.7 Å². The fourth-order valence-electron chi connectivity index (χ4n) is 1.57. The molecule has 0 aromatic carbocycles. The highest BCUT2D eigenvalue weighted by Crippen LogP contribution is 2.29. The maximum atomic E-state index is 10.2. The van der Waals surface area contributed by atoms with Crippen molar-refractivity contribution in [2.45, 2.75) is 19.6 Å². The van der Waals surface area contributed by atoms with E-state index in [1.807, 2.05) is 6.92 Å². The number of H-pyrrole nitrogens is 1. The minimum Gasteiger partial charge on any atom is -0.384 e. The van der Waals surface area contributed by atoms with Gasteiger partial charge in [0.15, 0.2) is 0 Å². The highest BCUT2D eigenvalue weighted by Gasteiger charge is 2.22. The number of aliphatic hydroxyl groups excluding tert-OH is 1. The molecule has 0 saturated carbocycles. The number of hydrogen-bond donors (Lipinski definition) is 3. The Morgan fingerprint density at radius 1 is 1.62 bits per heavy atom. The second-order valence-corrected chi connectivity index (χ2v) is 3.74. The number of nitrogens with one attached hydrogen (secondary N) is 1. The van der Waals surface area contributed by atoms with Crippen LogP contribution >= 0.6 is 11.6 Å². The third-order valence-electron chi connectivity index (χ3n) is 2.39. The van der Waals surface area contributed by atoms with E-state index in [4.69, 9.17) is 17.3 Å². The number of aromatic nitrogens is 4. The van der Waals surface area contributed by atoms with Crippen LogP contribution in [0.1, 0.15) is 24.3 Å². The van der Waals surface area contributed by atoms with Crippen LogP contribution in [0, 0.1) is 0 Å². The van der Waals surface area contributed by atoms with Crippen LogP contribution in [0.3, 0.4) is 0 Å². The quantitative estimate of drug-likeness (QED) is 0.746. The van der Waals surface area contributed by atoms with Crippen LogP contribution in [0.15, 0.2) is 12.4 Å².